The van der Waals surface area contributed by atoms with E-state index in [1.54, 1.807) is 11.0 Å². The molecule has 0 radical (unpaired) electrons. The quantitative estimate of drug-likeness (QED) is 0.867. The zero-order chi connectivity index (χ0) is 13.8. The van der Waals surface area contributed by atoms with Gasteiger partial charge >= 0.3 is 5.97 Å². The molecule has 19 heavy (non-hydrogen) atoms. The van der Waals surface area contributed by atoms with E-state index in [-0.39, 0.29) is 11.9 Å². The molecular formula is C13H15NO3S2. The molecule has 1 aliphatic rings. The van der Waals surface area contributed by atoms with Crippen molar-refractivity contribution in [1.29, 1.82) is 0 Å². The smallest absolute Gasteiger partial charge is 0.328 e. The van der Waals surface area contributed by atoms with E-state index in [0.717, 1.165) is 24.0 Å². The second-order valence-corrected chi connectivity index (χ2v) is 6.38. The minimum Gasteiger partial charge on any atom is -0.478 e. The van der Waals surface area contributed by atoms with E-state index in [9.17, 15) is 9.59 Å². The molecular weight excluding hydrogens is 282 g/mol. The molecule has 2 heterocycles. The molecule has 1 amide bonds. The van der Waals surface area contributed by atoms with Crippen LogP contribution in [-0.2, 0) is 4.79 Å². The summed E-state index contributed by atoms with van der Waals surface area (Å²) in [4.78, 5) is 25.3. The van der Waals surface area contributed by atoms with E-state index in [0.29, 0.717) is 10.4 Å². The van der Waals surface area contributed by atoms with Crippen molar-refractivity contribution in [2.75, 3.05) is 18.6 Å². The predicted octanol–water partition coefficient (Wildman–Crippen LogP) is 2.42. The Balaban J connectivity index is 2.14. The maximum atomic E-state index is 12.4. The van der Waals surface area contributed by atoms with Gasteiger partial charge in [0.25, 0.3) is 5.91 Å². The fraction of sp³-hybridized carbons (Fsp3) is 0.385. The molecule has 0 bridgehead atoms. The maximum Gasteiger partial charge on any atom is 0.328 e. The molecule has 1 aromatic heterocycles. The second kappa shape index (κ2) is 6.25. The van der Waals surface area contributed by atoms with Crippen molar-refractivity contribution in [2.45, 2.75) is 12.5 Å². The molecule has 1 unspecified atom stereocenters. The lowest BCUT2D eigenvalue weighted by molar-refractivity contribution is -0.131. The van der Waals surface area contributed by atoms with E-state index in [4.69, 9.17) is 5.11 Å². The maximum absolute atomic E-state index is 12.4. The van der Waals surface area contributed by atoms with Gasteiger partial charge in [-0.05, 0) is 35.3 Å². The zero-order valence-corrected chi connectivity index (χ0v) is 12.2. The fourth-order valence-electron chi connectivity index (χ4n) is 1.94. The van der Waals surface area contributed by atoms with Crippen LogP contribution < -0.4 is 0 Å². The lowest BCUT2D eigenvalue weighted by atomic mass is 10.2. The Bertz CT molecular complexity index is 504. The molecule has 4 nitrogen and oxygen atoms in total. The number of amides is 1. The van der Waals surface area contributed by atoms with Crippen molar-refractivity contribution in [1.82, 2.24) is 4.90 Å². The zero-order valence-electron chi connectivity index (χ0n) is 10.5. The molecule has 0 aromatic carbocycles. The van der Waals surface area contributed by atoms with Crippen LogP contribution in [0.15, 0.2) is 17.5 Å². The van der Waals surface area contributed by atoms with Crippen LogP contribution in [0.1, 0.15) is 21.7 Å². The van der Waals surface area contributed by atoms with Crippen LogP contribution in [-0.4, -0.2) is 46.5 Å². The van der Waals surface area contributed by atoms with Gasteiger partial charge in [0.15, 0.2) is 0 Å². The molecule has 0 spiro atoms. The highest BCUT2D eigenvalue weighted by Crippen LogP contribution is 2.25. The predicted molar refractivity (Wildman–Crippen MR) is 78.8 cm³/mol. The molecule has 1 N–H and O–H groups in total. The number of nitrogens with zero attached hydrogens (tertiary/aromatic N) is 1. The Morgan fingerprint density at radius 1 is 1.53 bits per heavy atom. The average molecular weight is 297 g/mol. The Morgan fingerprint density at radius 3 is 2.95 bits per heavy atom. The molecule has 2 rings (SSSR count). The molecule has 1 fully saturated rings. The number of hydrogen-bond donors (Lipinski definition) is 1. The molecule has 1 aliphatic heterocycles. The number of carbonyl (C=O) groups excluding carboxylic acids is 1. The van der Waals surface area contributed by atoms with E-state index in [2.05, 4.69) is 0 Å². The first kappa shape index (κ1) is 14.1. The van der Waals surface area contributed by atoms with Gasteiger partial charge < -0.3 is 10.0 Å². The van der Waals surface area contributed by atoms with Crippen molar-refractivity contribution in [3.8, 4) is 0 Å². The largest absolute Gasteiger partial charge is 0.478 e. The molecule has 102 valence electrons. The van der Waals surface area contributed by atoms with Crippen molar-refractivity contribution in [3.05, 3.63) is 28.0 Å². The number of carboxylic acid groups (broad SMARTS) is 1. The van der Waals surface area contributed by atoms with Gasteiger partial charge in [0, 0.05) is 24.9 Å². The number of carbonyl (C=O) groups is 2. The number of carboxylic acids is 1. The first-order valence-electron chi connectivity index (χ1n) is 5.93. The normalized spacial score (nSPS) is 18.9. The van der Waals surface area contributed by atoms with E-state index < -0.39 is 5.97 Å². The first-order chi connectivity index (χ1) is 9.09. The van der Waals surface area contributed by atoms with Gasteiger partial charge in [0.05, 0.1) is 4.88 Å². The number of hydrogen-bond acceptors (Lipinski definition) is 4. The van der Waals surface area contributed by atoms with Gasteiger partial charge in [-0.3, -0.25) is 4.79 Å². The molecule has 6 heteroatoms. The minimum absolute atomic E-state index is 0.0208. The van der Waals surface area contributed by atoms with Crippen LogP contribution >= 0.6 is 23.1 Å². The highest BCUT2D eigenvalue weighted by Gasteiger charge is 2.26. The van der Waals surface area contributed by atoms with Gasteiger partial charge in [-0.25, -0.2) is 4.79 Å². The molecule has 0 saturated carbocycles. The third-order valence-corrected chi connectivity index (χ3v) is 5.13. The third-order valence-electron chi connectivity index (χ3n) is 3.07. The number of thiophene rings is 1. The molecule has 1 atom stereocenters. The van der Waals surface area contributed by atoms with E-state index >= 15 is 0 Å². The summed E-state index contributed by atoms with van der Waals surface area (Å²) in [5, 5.41) is 10.5. The van der Waals surface area contributed by atoms with Gasteiger partial charge in [0.1, 0.15) is 0 Å². The Hall–Kier alpha value is -1.27. The average Bonchev–Trinajstić information content (AvgIpc) is 3.05. The summed E-state index contributed by atoms with van der Waals surface area (Å²) in [6.45, 7) is 0. The summed E-state index contributed by atoms with van der Waals surface area (Å²) in [7, 11) is 1.82. The van der Waals surface area contributed by atoms with Crippen molar-refractivity contribution >= 4 is 41.1 Å². The number of aliphatic carboxylic acids is 1. The van der Waals surface area contributed by atoms with Gasteiger partial charge in [-0.2, -0.15) is 11.8 Å². The van der Waals surface area contributed by atoms with E-state index in [1.807, 2.05) is 24.2 Å². The summed E-state index contributed by atoms with van der Waals surface area (Å²) in [5.74, 6) is 1.05. The lowest BCUT2D eigenvalue weighted by Crippen LogP contribution is -2.36. The second-order valence-electron chi connectivity index (χ2n) is 4.31. The molecule has 1 saturated heterocycles. The SMILES string of the molecule is CN(C(=O)c1sccc1/C=C/C(=O)O)C1CCSC1. The summed E-state index contributed by atoms with van der Waals surface area (Å²) in [5.41, 5.74) is 0.676. The van der Waals surface area contributed by atoms with Crippen LogP contribution in [0.3, 0.4) is 0 Å². The standard InChI is InChI=1S/C13H15NO3S2/c1-14(10-5-6-18-8-10)13(17)12-9(4-7-19-12)2-3-11(15)16/h2-4,7,10H,5-6,8H2,1H3,(H,15,16)/b3-2+. The van der Waals surface area contributed by atoms with Crippen LogP contribution in [0.2, 0.25) is 0 Å². The van der Waals surface area contributed by atoms with Crippen molar-refractivity contribution in [3.63, 3.8) is 0 Å². The number of rotatable bonds is 4. The monoisotopic (exact) mass is 297 g/mol. The highest BCUT2D eigenvalue weighted by molar-refractivity contribution is 7.99. The van der Waals surface area contributed by atoms with Crippen LogP contribution in [0.25, 0.3) is 6.08 Å². The van der Waals surface area contributed by atoms with Crippen LogP contribution in [0, 0.1) is 0 Å². The molecule has 1 aromatic rings. The first-order valence-corrected chi connectivity index (χ1v) is 7.96. The third kappa shape index (κ3) is 3.39. The summed E-state index contributed by atoms with van der Waals surface area (Å²) >= 11 is 3.22. The molecule has 0 aliphatic carbocycles. The lowest BCUT2D eigenvalue weighted by Gasteiger charge is -2.23. The highest BCUT2D eigenvalue weighted by atomic mass is 32.2. The summed E-state index contributed by atoms with van der Waals surface area (Å²) in [6.07, 6.45) is 3.56. The summed E-state index contributed by atoms with van der Waals surface area (Å²) in [6, 6.07) is 2.06. The van der Waals surface area contributed by atoms with Crippen molar-refractivity contribution in [2.24, 2.45) is 0 Å². The number of thioether (sulfide) groups is 1. The minimum atomic E-state index is -1.01. The Morgan fingerprint density at radius 2 is 2.32 bits per heavy atom. The Labute approximate surface area is 120 Å². The van der Waals surface area contributed by atoms with Crippen LogP contribution in [0.4, 0.5) is 0 Å². The van der Waals surface area contributed by atoms with Crippen LogP contribution in [0.5, 0.6) is 0 Å². The van der Waals surface area contributed by atoms with E-state index in [1.165, 1.54) is 17.4 Å². The van der Waals surface area contributed by atoms with Gasteiger partial charge in [-0.15, -0.1) is 11.3 Å². The Kier molecular flexibility index (Phi) is 4.66. The fourth-order valence-corrected chi connectivity index (χ4v) is 4.07. The van der Waals surface area contributed by atoms with Gasteiger partial charge in [0.2, 0.25) is 0 Å². The summed E-state index contributed by atoms with van der Waals surface area (Å²) < 4.78 is 0. The van der Waals surface area contributed by atoms with Crippen molar-refractivity contribution < 1.29 is 14.7 Å². The van der Waals surface area contributed by atoms with Gasteiger partial charge in [-0.1, -0.05) is 0 Å². The topological polar surface area (TPSA) is 57.6 Å².